The van der Waals surface area contributed by atoms with Gasteiger partial charge in [-0.25, -0.2) is 4.79 Å². The Hall–Kier alpha value is -3.77. The van der Waals surface area contributed by atoms with Gasteiger partial charge in [0, 0.05) is 11.3 Å². The van der Waals surface area contributed by atoms with Gasteiger partial charge < -0.3 is 10.4 Å². The quantitative estimate of drug-likeness (QED) is 0.346. The highest BCUT2D eigenvalue weighted by Crippen LogP contribution is 2.19. The van der Waals surface area contributed by atoms with Crippen LogP contribution in [0.25, 0.3) is 0 Å². The third-order valence-corrected chi connectivity index (χ3v) is 4.08. The first-order chi connectivity index (χ1) is 14.1. The molecule has 0 radical (unpaired) electrons. The summed E-state index contributed by atoms with van der Waals surface area (Å²) >= 11 is 0. The second-order valence-electron chi connectivity index (χ2n) is 6.30. The van der Waals surface area contributed by atoms with Gasteiger partial charge in [-0.15, -0.1) is 5.10 Å². The van der Waals surface area contributed by atoms with Crippen LogP contribution in [0, 0.1) is 0 Å². The van der Waals surface area contributed by atoms with Crippen LogP contribution in [0.2, 0.25) is 0 Å². The monoisotopic (exact) mass is 386 g/mol. The zero-order valence-electron chi connectivity index (χ0n) is 16.0. The molecule has 0 spiro atoms. The van der Waals surface area contributed by atoms with Crippen LogP contribution in [-0.2, 0) is 0 Å². The van der Waals surface area contributed by atoms with Gasteiger partial charge in [0.15, 0.2) is 0 Å². The minimum Gasteiger partial charge on any atom is -0.382 e. The highest BCUT2D eigenvalue weighted by Gasteiger charge is 2.17. The third kappa shape index (κ3) is 5.85. The molecule has 0 saturated heterocycles. The van der Waals surface area contributed by atoms with E-state index in [0.717, 1.165) is 5.56 Å². The maximum Gasteiger partial charge on any atom is 0.324 e. The molecule has 1 unspecified atom stereocenters. The normalized spacial score (nSPS) is 12.9. The molecule has 3 N–H and O–H groups in total. The molecule has 0 heterocycles. The van der Waals surface area contributed by atoms with Gasteiger partial charge in [-0.05, 0) is 24.6 Å². The van der Waals surface area contributed by atoms with Crippen molar-refractivity contribution in [3.63, 3.8) is 0 Å². The van der Waals surface area contributed by atoms with E-state index in [1.54, 1.807) is 19.1 Å². The van der Waals surface area contributed by atoms with Gasteiger partial charge in [0.05, 0.1) is 0 Å². The largest absolute Gasteiger partial charge is 0.382 e. The topological polar surface area (TPSA) is 86.1 Å². The fourth-order valence-corrected chi connectivity index (χ4v) is 2.67. The molecular weight excluding hydrogens is 364 g/mol. The van der Waals surface area contributed by atoms with Crippen molar-refractivity contribution in [2.24, 2.45) is 10.2 Å². The van der Waals surface area contributed by atoms with E-state index in [9.17, 15) is 9.90 Å². The minimum absolute atomic E-state index is 0.298. The maximum absolute atomic E-state index is 12.1. The predicted molar refractivity (Wildman–Crippen MR) is 116 cm³/mol. The summed E-state index contributed by atoms with van der Waals surface area (Å²) in [6, 6.07) is 27.2. The number of carbonyl (C=O) groups excluding carboxylic acids is 1. The summed E-state index contributed by atoms with van der Waals surface area (Å²) in [5, 5.41) is 24.5. The molecule has 0 saturated carbocycles. The predicted octanol–water partition coefficient (Wildman–Crippen LogP) is 4.36. The second kappa shape index (κ2) is 9.96. The lowest BCUT2D eigenvalue weighted by Gasteiger charge is -2.14. The number of amides is 2. The van der Waals surface area contributed by atoms with Crippen molar-refractivity contribution in [3.8, 4) is 0 Å². The Labute approximate surface area is 169 Å². The van der Waals surface area contributed by atoms with E-state index in [2.05, 4.69) is 20.8 Å². The number of carbonyl (C=O) groups is 1. The molecule has 3 rings (SSSR count). The standard InChI is InChI=1S/C23H22N4O2/c1-17(24-23(29)25-20-15-9-4-10-16-20)26-27-21(18-11-5-2-6-12-18)22(28)19-13-7-3-8-14-19/h2-16,22,28H,1H3,(H2,24,25,26,29)/b27-21+. The van der Waals surface area contributed by atoms with Gasteiger partial charge in [0.25, 0.3) is 0 Å². The van der Waals surface area contributed by atoms with Crippen molar-refractivity contribution in [2.45, 2.75) is 13.0 Å². The molecule has 0 bridgehead atoms. The third-order valence-electron chi connectivity index (χ3n) is 4.08. The Morgan fingerprint density at radius 1 is 0.828 bits per heavy atom. The molecule has 3 aromatic rings. The maximum atomic E-state index is 12.1. The molecule has 0 aromatic heterocycles. The zero-order valence-corrected chi connectivity index (χ0v) is 16.0. The van der Waals surface area contributed by atoms with E-state index in [0.29, 0.717) is 22.8 Å². The summed E-state index contributed by atoms with van der Waals surface area (Å²) in [5.74, 6) is 0.298. The summed E-state index contributed by atoms with van der Waals surface area (Å²) in [7, 11) is 0. The van der Waals surface area contributed by atoms with E-state index in [4.69, 9.17) is 0 Å². The van der Waals surface area contributed by atoms with Gasteiger partial charge >= 0.3 is 6.03 Å². The Kier molecular flexibility index (Phi) is 6.86. The lowest BCUT2D eigenvalue weighted by Crippen LogP contribution is -2.32. The van der Waals surface area contributed by atoms with E-state index in [-0.39, 0.29) is 0 Å². The minimum atomic E-state index is -0.951. The fourth-order valence-electron chi connectivity index (χ4n) is 2.67. The molecule has 3 aromatic carbocycles. The summed E-state index contributed by atoms with van der Waals surface area (Å²) < 4.78 is 0. The Balaban J connectivity index is 1.79. The first kappa shape index (κ1) is 20.0. The van der Waals surface area contributed by atoms with Crippen molar-refractivity contribution >= 4 is 23.3 Å². The molecule has 0 aliphatic carbocycles. The Morgan fingerprint density at radius 2 is 1.38 bits per heavy atom. The molecule has 29 heavy (non-hydrogen) atoms. The van der Waals surface area contributed by atoms with Crippen LogP contribution in [0.1, 0.15) is 24.2 Å². The first-order valence-electron chi connectivity index (χ1n) is 9.17. The van der Waals surface area contributed by atoms with Crippen molar-refractivity contribution in [1.82, 2.24) is 5.32 Å². The lowest BCUT2D eigenvalue weighted by molar-refractivity contribution is 0.247. The van der Waals surface area contributed by atoms with Gasteiger partial charge in [-0.1, -0.05) is 78.9 Å². The molecule has 2 amide bonds. The number of para-hydroxylation sites is 1. The SMILES string of the molecule is C/C(=N/N=C(\c1ccccc1)C(O)c1ccccc1)NC(=O)Nc1ccccc1. The number of nitrogens with zero attached hydrogens (tertiary/aromatic N) is 2. The smallest absolute Gasteiger partial charge is 0.324 e. The van der Waals surface area contributed by atoms with Crippen LogP contribution < -0.4 is 10.6 Å². The number of hydrogen-bond acceptors (Lipinski definition) is 4. The summed E-state index contributed by atoms with van der Waals surface area (Å²) in [6.07, 6.45) is -0.951. The summed E-state index contributed by atoms with van der Waals surface area (Å²) in [4.78, 5) is 12.1. The number of amidine groups is 1. The van der Waals surface area contributed by atoms with Crippen molar-refractivity contribution < 1.29 is 9.90 Å². The molecule has 0 fully saturated rings. The lowest BCUT2D eigenvalue weighted by atomic mass is 9.99. The Bertz CT molecular complexity index is 987. The first-order valence-corrected chi connectivity index (χ1v) is 9.17. The zero-order chi connectivity index (χ0) is 20.5. The summed E-state index contributed by atoms with van der Waals surface area (Å²) in [5.41, 5.74) is 2.51. The number of benzene rings is 3. The number of anilines is 1. The molecule has 6 nitrogen and oxygen atoms in total. The Morgan fingerprint density at radius 3 is 2.00 bits per heavy atom. The van der Waals surface area contributed by atoms with E-state index >= 15 is 0 Å². The van der Waals surface area contributed by atoms with Crippen LogP contribution >= 0.6 is 0 Å². The van der Waals surface area contributed by atoms with Crippen LogP contribution in [-0.4, -0.2) is 22.7 Å². The van der Waals surface area contributed by atoms with Crippen LogP contribution in [0.5, 0.6) is 0 Å². The van der Waals surface area contributed by atoms with Crippen LogP contribution in [0.15, 0.2) is 101 Å². The molecular formula is C23H22N4O2. The average Bonchev–Trinajstić information content (AvgIpc) is 2.75. The van der Waals surface area contributed by atoms with Crippen molar-refractivity contribution in [3.05, 3.63) is 102 Å². The van der Waals surface area contributed by atoms with Crippen molar-refractivity contribution in [2.75, 3.05) is 5.32 Å². The second-order valence-corrected chi connectivity index (χ2v) is 6.30. The van der Waals surface area contributed by atoms with Gasteiger partial charge in [-0.2, -0.15) is 5.10 Å². The van der Waals surface area contributed by atoms with E-state index in [1.165, 1.54) is 0 Å². The molecule has 0 aliphatic rings. The number of rotatable bonds is 5. The highest BCUT2D eigenvalue weighted by molar-refractivity contribution is 6.05. The van der Waals surface area contributed by atoms with Crippen molar-refractivity contribution in [1.29, 1.82) is 0 Å². The highest BCUT2D eigenvalue weighted by atomic mass is 16.3. The molecule has 0 aliphatic heterocycles. The number of hydrogen-bond donors (Lipinski definition) is 3. The molecule has 6 heteroatoms. The number of nitrogens with one attached hydrogen (secondary N) is 2. The number of urea groups is 1. The molecule has 146 valence electrons. The van der Waals surface area contributed by atoms with Gasteiger partial charge in [0.2, 0.25) is 0 Å². The number of aliphatic hydroxyl groups is 1. The van der Waals surface area contributed by atoms with Crippen LogP contribution in [0.4, 0.5) is 10.5 Å². The van der Waals surface area contributed by atoms with Crippen LogP contribution in [0.3, 0.4) is 0 Å². The average molecular weight is 386 g/mol. The van der Waals surface area contributed by atoms with E-state index in [1.807, 2.05) is 78.9 Å². The fraction of sp³-hybridized carbons (Fsp3) is 0.0870. The number of aliphatic hydroxyl groups excluding tert-OH is 1. The van der Waals surface area contributed by atoms with E-state index < -0.39 is 12.1 Å². The van der Waals surface area contributed by atoms with Gasteiger partial charge in [-0.3, -0.25) is 5.32 Å². The molecule has 1 atom stereocenters. The summed E-state index contributed by atoms with van der Waals surface area (Å²) in [6.45, 7) is 1.63. The van der Waals surface area contributed by atoms with Gasteiger partial charge in [0.1, 0.15) is 17.7 Å².